The fourth-order valence-corrected chi connectivity index (χ4v) is 6.16. The third kappa shape index (κ3) is 11.4. The average Bonchev–Trinajstić information content (AvgIpc) is 3.12. The minimum Gasteiger partial charge on any atom is -0.496 e. The number of rotatable bonds is 18. The fraction of sp³-hybridized carbons (Fsp3) is 0.333. The summed E-state index contributed by atoms with van der Waals surface area (Å²) in [5, 5.41) is 20.5. The Morgan fingerprint density at radius 3 is 2.12 bits per heavy atom. The highest BCUT2D eigenvalue weighted by molar-refractivity contribution is 7.92. The highest BCUT2D eigenvalue weighted by Crippen LogP contribution is 2.21. The number of carbonyl (C=O) groups excluding carboxylic acids is 2. The Hall–Kier alpha value is -4.71. The van der Waals surface area contributed by atoms with Crippen molar-refractivity contribution < 1.29 is 27.9 Å². The van der Waals surface area contributed by atoms with E-state index in [1.807, 2.05) is 86.6 Å². The van der Waals surface area contributed by atoms with E-state index in [0.717, 1.165) is 40.8 Å². The molecule has 10 nitrogen and oxygen atoms in total. The highest BCUT2D eigenvalue weighted by atomic mass is 32.2. The average molecular weight is 701 g/mol. The van der Waals surface area contributed by atoms with Crippen molar-refractivity contribution in [1.82, 2.24) is 16.0 Å². The van der Waals surface area contributed by atoms with Crippen LogP contribution in [0.5, 0.6) is 5.75 Å². The summed E-state index contributed by atoms with van der Waals surface area (Å²) in [5.41, 5.74) is 4.33. The van der Waals surface area contributed by atoms with Crippen molar-refractivity contribution in [3.8, 4) is 5.75 Å². The number of nitrogens with one attached hydrogen (secondary N) is 4. The molecule has 4 aromatic carbocycles. The Bertz CT molecular complexity index is 1820. The summed E-state index contributed by atoms with van der Waals surface area (Å²) in [5.74, 6) is -0.357. The predicted octanol–water partition coefficient (Wildman–Crippen LogP) is 5.18. The van der Waals surface area contributed by atoms with Crippen LogP contribution >= 0.6 is 0 Å². The van der Waals surface area contributed by atoms with Gasteiger partial charge in [0.2, 0.25) is 10.0 Å². The van der Waals surface area contributed by atoms with Gasteiger partial charge >= 0.3 is 0 Å². The maximum Gasteiger partial charge on any atom is 0.251 e. The van der Waals surface area contributed by atoms with Crippen molar-refractivity contribution >= 4 is 27.5 Å². The summed E-state index contributed by atoms with van der Waals surface area (Å²) in [6, 6.07) is 28.3. The number of aryl methyl sites for hydroxylation is 2. The van der Waals surface area contributed by atoms with Crippen LogP contribution in [0.2, 0.25) is 0 Å². The van der Waals surface area contributed by atoms with Gasteiger partial charge in [-0.05, 0) is 93.1 Å². The van der Waals surface area contributed by atoms with Crippen LogP contribution in [0.25, 0.3) is 0 Å². The van der Waals surface area contributed by atoms with Crippen LogP contribution < -0.4 is 25.4 Å². The lowest BCUT2D eigenvalue weighted by molar-refractivity contribution is 0.0831. The van der Waals surface area contributed by atoms with Gasteiger partial charge in [-0.15, -0.1) is 0 Å². The molecular formula is C39H48N4O6S. The van der Waals surface area contributed by atoms with Crippen LogP contribution in [0, 0.1) is 6.92 Å². The summed E-state index contributed by atoms with van der Waals surface area (Å²) >= 11 is 0. The zero-order chi connectivity index (χ0) is 36.1. The number of amides is 2. The molecule has 0 aliphatic carbocycles. The van der Waals surface area contributed by atoms with E-state index in [1.54, 1.807) is 7.11 Å². The number of hydrogen-bond acceptors (Lipinski definition) is 7. The van der Waals surface area contributed by atoms with Crippen LogP contribution in [-0.2, 0) is 22.9 Å². The number of hydrogen-bond donors (Lipinski definition) is 5. The Labute approximate surface area is 295 Å². The molecule has 4 rings (SSSR count). The molecule has 11 heteroatoms. The lowest BCUT2D eigenvalue weighted by Crippen LogP contribution is -2.49. The summed E-state index contributed by atoms with van der Waals surface area (Å²) in [4.78, 5) is 27.2. The molecule has 0 bridgehead atoms. The number of benzene rings is 4. The molecule has 5 N–H and O–H groups in total. The molecule has 266 valence electrons. The van der Waals surface area contributed by atoms with E-state index < -0.39 is 34.0 Å². The maximum absolute atomic E-state index is 13.8. The molecule has 0 radical (unpaired) electrons. The van der Waals surface area contributed by atoms with Crippen LogP contribution in [0.1, 0.15) is 69.3 Å². The van der Waals surface area contributed by atoms with Gasteiger partial charge < -0.3 is 25.8 Å². The second-order valence-corrected chi connectivity index (χ2v) is 14.4. The van der Waals surface area contributed by atoms with Crippen LogP contribution in [0.4, 0.5) is 5.69 Å². The molecule has 4 aromatic rings. The molecule has 50 heavy (non-hydrogen) atoms. The number of ether oxygens (including phenoxy) is 1. The normalized spacial score (nSPS) is 13.1. The standard InChI is InChI=1S/C39H48N4O6S/c1-5-50(47,48)43-34-24-32(38(45)41-28(3)31-16-10-7-11-17-31)23-33(25-34)39(46)42-35(21-29-13-8-6-9-14-29)36(44)26-40-20-12-15-30-19-18-27(2)37(22-30)49-4/h6-11,13-14,16-19,22-25,28,35-36,40,43-44H,5,12,15,20-21,26H2,1-4H3,(H,41,45)(H,42,46)/t28-,35+,36-/m1/s1. The molecule has 2 amide bonds. The van der Waals surface area contributed by atoms with Gasteiger partial charge in [-0.2, -0.15) is 0 Å². The number of sulfonamides is 1. The molecule has 0 saturated heterocycles. The Kier molecular flexibility index (Phi) is 14.0. The Balaban J connectivity index is 1.49. The third-order valence-electron chi connectivity index (χ3n) is 8.48. The zero-order valence-electron chi connectivity index (χ0n) is 29.1. The van der Waals surface area contributed by atoms with E-state index in [1.165, 1.54) is 25.1 Å². The van der Waals surface area contributed by atoms with E-state index in [9.17, 15) is 23.1 Å². The van der Waals surface area contributed by atoms with Gasteiger partial charge in [0, 0.05) is 17.7 Å². The van der Waals surface area contributed by atoms with Crippen molar-refractivity contribution in [3.05, 3.63) is 130 Å². The second kappa shape index (κ2) is 18.3. The first-order chi connectivity index (χ1) is 24.0. The van der Waals surface area contributed by atoms with Crippen LogP contribution in [0.15, 0.2) is 97.1 Å². The topological polar surface area (TPSA) is 146 Å². The zero-order valence-corrected chi connectivity index (χ0v) is 29.9. The van der Waals surface area contributed by atoms with E-state index in [0.29, 0.717) is 13.0 Å². The van der Waals surface area contributed by atoms with Crippen molar-refractivity contribution in [2.24, 2.45) is 0 Å². The van der Waals surface area contributed by atoms with E-state index in [-0.39, 0.29) is 35.2 Å². The lowest BCUT2D eigenvalue weighted by Gasteiger charge is -2.25. The smallest absolute Gasteiger partial charge is 0.251 e. The van der Waals surface area contributed by atoms with Gasteiger partial charge in [-0.3, -0.25) is 14.3 Å². The number of aliphatic hydroxyl groups is 1. The van der Waals surface area contributed by atoms with Gasteiger partial charge in [-0.1, -0.05) is 72.8 Å². The molecule has 0 saturated carbocycles. The largest absolute Gasteiger partial charge is 0.496 e. The Morgan fingerprint density at radius 2 is 1.48 bits per heavy atom. The highest BCUT2D eigenvalue weighted by Gasteiger charge is 2.24. The fourth-order valence-electron chi connectivity index (χ4n) is 5.54. The molecule has 0 aromatic heterocycles. The first-order valence-electron chi connectivity index (χ1n) is 16.9. The molecule has 0 aliphatic rings. The van der Waals surface area contributed by atoms with E-state index in [2.05, 4.69) is 26.7 Å². The summed E-state index contributed by atoms with van der Waals surface area (Å²) in [6.45, 7) is 6.23. The summed E-state index contributed by atoms with van der Waals surface area (Å²) in [6.07, 6.45) is 1.07. The molecule has 0 aliphatic heterocycles. The van der Waals surface area contributed by atoms with Crippen LogP contribution in [0.3, 0.4) is 0 Å². The van der Waals surface area contributed by atoms with Crippen molar-refractivity contribution in [1.29, 1.82) is 0 Å². The minimum atomic E-state index is -3.71. The monoisotopic (exact) mass is 700 g/mol. The first kappa shape index (κ1) is 38.1. The number of aliphatic hydroxyl groups excluding tert-OH is 1. The molecular weight excluding hydrogens is 653 g/mol. The minimum absolute atomic E-state index is 0.0746. The van der Waals surface area contributed by atoms with Gasteiger partial charge in [0.1, 0.15) is 5.75 Å². The van der Waals surface area contributed by atoms with E-state index >= 15 is 0 Å². The Morgan fingerprint density at radius 1 is 0.840 bits per heavy atom. The van der Waals surface area contributed by atoms with Crippen molar-refractivity contribution in [2.45, 2.75) is 58.2 Å². The van der Waals surface area contributed by atoms with Gasteiger partial charge in [0.25, 0.3) is 11.8 Å². The molecule has 0 heterocycles. The molecule has 0 unspecified atom stereocenters. The predicted molar refractivity (Wildman–Crippen MR) is 198 cm³/mol. The van der Waals surface area contributed by atoms with Crippen molar-refractivity contribution in [3.63, 3.8) is 0 Å². The van der Waals surface area contributed by atoms with Gasteiger partial charge in [0.15, 0.2) is 0 Å². The van der Waals surface area contributed by atoms with Crippen molar-refractivity contribution in [2.75, 3.05) is 30.7 Å². The summed E-state index contributed by atoms with van der Waals surface area (Å²) < 4.78 is 32.9. The second-order valence-electron chi connectivity index (χ2n) is 12.4. The SMILES string of the molecule is CCS(=O)(=O)Nc1cc(C(=O)N[C@@H](Cc2ccccc2)[C@H](O)CNCCCc2ccc(C)c(OC)c2)cc(C(=O)N[C@H](C)c2ccccc2)c1. The number of anilines is 1. The van der Waals surface area contributed by atoms with Crippen LogP contribution in [-0.4, -0.2) is 63.4 Å². The quantitative estimate of drug-likeness (QED) is 0.0900. The maximum atomic E-state index is 13.8. The first-order valence-corrected chi connectivity index (χ1v) is 18.5. The lowest BCUT2D eigenvalue weighted by atomic mass is 10.00. The van der Waals surface area contributed by atoms with E-state index in [4.69, 9.17) is 4.74 Å². The number of carbonyl (C=O) groups is 2. The van der Waals surface area contributed by atoms with Gasteiger partial charge in [0.05, 0.1) is 36.7 Å². The summed E-state index contributed by atoms with van der Waals surface area (Å²) in [7, 11) is -2.05. The number of methoxy groups -OCH3 is 1. The van der Waals surface area contributed by atoms with Gasteiger partial charge in [-0.25, -0.2) is 8.42 Å². The molecule has 0 fully saturated rings. The molecule has 0 spiro atoms. The molecule has 3 atom stereocenters. The third-order valence-corrected chi connectivity index (χ3v) is 9.79.